The van der Waals surface area contributed by atoms with Gasteiger partial charge < -0.3 is 5.32 Å². The molecule has 0 aliphatic heterocycles. The number of nitrogens with zero attached hydrogens (tertiary/aromatic N) is 4. The lowest BCUT2D eigenvalue weighted by atomic mass is 10.3. The zero-order valence-corrected chi connectivity index (χ0v) is 12.0. The van der Waals surface area contributed by atoms with Crippen molar-refractivity contribution in [3.63, 3.8) is 0 Å². The Morgan fingerprint density at radius 2 is 2.05 bits per heavy atom. The molecule has 0 aromatic carbocycles. The largest absolute Gasteiger partial charge is 0.373 e. The average Bonchev–Trinajstić information content (AvgIpc) is 3.23. The van der Waals surface area contributed by atoms with Crippen molar-refractivity contribution in [2.75, 3.05) is 12.4 Å². The summed E-state index contributed by atoms with van der Waals surface area (Å²) in [6.07, 6.45) is 2.34. The zero-order chi connectivity index (χ0) is 13.6. The van der Waals surface area contributed by atoms with Crippen molar-refractivity contribution < 1.29 is 0 Å². The number of halogens is 1. The first kappa shape index (κ1) is 12.4. The van der Waals surface area contributed by atoms with Gasteiger partial charge in [0, 0.05) is 19.0 Å². The van der Waals surface area contributed by atoms with Gasteiger partial charge in [-0.15, -0.1) is 0 Å². The topological polar surface area (TPSA) is 55.6 Å². The first-order valence-corrected chi connectivity index (χ1v) is 6.76. The average molecular weight is 278 g/mol. The molecule has 0 saturated heterocycles. The highest BCUT2D eigenvalue weighted by Gasteiger charge is 2.27. The summed E-state index contributed by atoms with van der Waals surface area (Å²) in [4.78, 5) is 9.12. The fourth-order valence-electron chi connectivity index (χ4n) is 2.06. The molecular weight excluding hydrogens is 262 g/mol. The lowest BCUT2D eigenvalue weighted by molar-refractivity contribution is 0.782. The van der Waals surface area contributed by atoms with E-state index in [-0.39, 0.29) is 0 Å². The van der Waals surface area contributed by atoms with E-state index >= 15 is 0 Å². The normalized spacial score (nSPS) is 14.7. The second-order valence-corrected chi connectivity index (χ2v) is 5.27. The van der Waals surface area contributed by atoms with Crippen LogP contribution < -0.4 is 5.32 Å². The van der Waals surface area contributed by atoms with Gasteiger partial charge in [0.05, 0.1) is 16.4 Å². The highest BCUT2D eigenvalue weighted by molar-refractivity contribution is 6.31. The molecule has 5 nitrogen and oxygen atoms in total. The molecule has 0 radical (unpaired) electrons. The van der Waals surface area contributed by atoms with Crippen molar-refractivity contribution in [2.45, 2.75) is 32.6 Å². The van der Waals surface area contributed by atoms with Crippen LogP contribution in [0.15, 0.2) is 6.07 Å². The molecule has 0 bridgehead atoms. The quantitative estimate of drug-likeness (QED) is 0.937. The van der Waals surface area contributed by atoms with Crippen molar-refractivity contribution in [3.8, 4) is 5.82 Å². The fourth-order valence-corrected chi connectivity index (χ4v) is 2.18. The Morgan fingerprint density at radius 1 is 1.32 bits per heavy atom. The Bertz CT molecular complexity index is 630. The van der Waals surface area contributed by atoms with E-state index in [1.54, 1.807) is 4.68 Å². The summed E-state index contributed by atoms with van der Waals surface area (Å²) < 4.78 is 1.78. The molecular formula is C13H16ClN5. The predicted molar refractivity (Wildman–Crippen MR) is 75.2 cm³/mol. The maximum Gasteiger partial charge on any atom is 0.159 e. The third-order valence-electron chi connectivity index (χ3n) is 3.35. The molecule has 100 valence electrons. The number of hydrogen-bond donors (Lipinski definition) is 1. The highest BCUT2D eigenvalue weighted by Crippen LogP contribution is 2.38. The molecule has 1 saturated carbocycles. The van der Waals surface area contributed by atoms with Gasteiger partial charge in [-0.1, -0.05) is 11.6 Å². The molecule has 3 rings (SSSR count). The van der Waals surface area contributed by atoms with E-state index in [4.69, 9.17) is 11.6 Å². The lowest BCUT2D eigenvalue weighted by Gasteiger charge is -2.08. The molecule has 0 atom stereocenters. The van der Waals surface area contributed by atoms with Crippen molar-refractivity contribution in [1.29, 1.82) is 0 Å². The number of hydrogen-bond acceptors (Lipinski definition) is 4. The Hall–Kier alpha value is -1.62. The van der Waals surface area contributed by atoms with Gasteiger partial charge in [0.15, 0.2) is 5.82 Å². The second-order valence-electron chi connectivity index (χ2n) is 4.89. The van der Waals surface area contributed by atoms with Gasteiger partial charge in [0.2, 0.25) is 0 Å². The van der Waals surface area contributed by atoms with Crippen LogP contribution in [0.1, 0.15) is 36.0 Å². The number of anilines is 1. The van der Waals surface area contributed by atoms with Crippen molar-refractivity contribution in [1.82, 2.24) is 19.7 Å². The van der Waals surface area contributed by atoms with Crippen LogP contribution in [0.25, 0.3) is 5.82 Å². The highest BCUT2D eigenvalue weighted by atomic mass is 35.5. The molecule has 1 N–H and O–H groups in total. The Morgan fingerprint density at radius 3 is 2.58 bits per heavy atom. The van der Waals surface area contributed by atoms with E-state index in [1.807, 2.05) is 27.0 Å². The van der Waals surface area contributed by atoms with Gasteiger partial charge in [0.25, 0.3) is 0 Å². The lowest BCUT2D eigenvalue weighted by Crippen LogP contribution is -2.07. The maximum absolute atomic E-state index is 6.19. The summed E-state index contributed by atoms with van der Waals surface area (Å²) in [6.45, 7) is 3.84. The molecule has 0 amide bonds. The van der Waals surface area contributed by atoms with Gasteiger partial charge in [-0.05, 0) is 26.7 Å². The van der Waals surface area contributed by atoms with E-state index in [2.05, 4.69) is 20.4 Å². The van der Waals surface area contributed by atoms with Crippen LogP contribution in [0.4, 0.5) is 5.82 Å². The molecule has 2 aromatic heterocycles. The molecule has 6 heteroatoms. The van der Waals surface area contributed by atoms with Crippen LogP contribution in [-0.4, -0.2) is 26.8 Å². The molecule has 1 fully saturated rings. The van der Waals surface area contributed by atoms with E-state index in [0.29, 0.717) is 10.9 Å². The smallest absolute Gasteiger partial charge is 0.159 e. The van der Waals surface area contributed by atoms with Crippen LogP contribution in [-0.2, 0) is 0 Å². The molecule has 1 aliphatic carbocycles. The van der Waals surface area contributed by atoms with E-state index in [0.717, 1.165) is 28.8 Å². The summed E-state index contributed by atoms with van der Waals surface area (Å²) in [6, 6.07) is 1.89. The summed E-state index contributed by atoms with van der Waals surface area (Å²) >= 11 is 6.19. The van der Waals surface area contributed by atoms with Gasteiger partial charge in [-0.25, -0.2) is 14.6 Å². The minimum Gasteiger partial charge on any atom is -0.373 e. The van der Waals surface area contributed by atoms with Crippen LogP contribution in [0.2, 0.25) is 5.02 Å². The summed E-state index contributed by atoms with van der Waals surface area (Å²) in [7, 11) is 1.86. The number of aromatic nitrogens is 4. The Kier molecular flexibility index (Phi) is 2.93. The van der Waals surface area contributed by atoms with Gasteiger partial charge in [-0.2, -0.15) is 5.10 Å². The SMILES string of the molecule is CNc1cc(-n2nc(C)c(Cl)c2C)nc(C2CC2)n1. The first-order valence-electron chi connectivity index (χ1n) is 6.39. The Balaban J connectivity index is 2.12. The van der Waals surface area contributed by atoms with E-state index in [9.17, 15) is 0 Å². The predicted octanol–water partition coefficient (Wildman–Crippen LogP) is 2.85. The molecule has 2 heterocycles. The van der Waals surface area contributed by atoms with Crippen LogP contribution in [0, 0.1) is 13.8 Å². The van der Waals surface area contributed by atoms with Crippen molar-refractivity contribution in [3.05, 3.63) is 28.3 Å². The number of rotatable bonds is 3. The second kappa shape index (κ2) is 4.49. The van der Waals surface area contributed by atoms with Crippen LogP contribution >= 0.6 is 11.6 Å². The van der Waals surface area contributed by atoms with Crippen LogP contribution in [0.5, 0.6) is 0 Å². The van der Waals surface area contributed by atoms with Gasteiger partial charge >= 0.3 is 0 Å². The number of aryl methyl sites for hydroxylation is 1. The monoisotopic (exact) mass is 277 g/mol. The maximum atomic E-state index is 6.19. The third-order valence-corrected chi connectivity index (χ3v) is 3.90. The zero-order valence-electron chi connectivity index (χ0n) is 11.2. The van der Waals surface area contributed by atoms with Crippen molar-refractivity contribution >= 4 is 17.4 Å². The summed E-state index contributed by atoms with van der Waals surface area (Å²) in [5.41, 5.74) is 1.72. The van der Waals surface area contributed by atoms with Crippen molar-refractivity contribution in [2.24, 2.45) is 0 Å². The first-order chi connectivity index (χ1) is 9.10. The Labute approximate surface area is 117 Å². The molecule has 1 aliphatic rings. The summed E-state index contributed by atoms with van der Waals surface area (Å²) in [5.74, 6) is 2.98. The van der Waals surface area contributed by atoms with Gasteiger partial charge in [-0.3, -0.25) is 0 Å². The number of nitrogens with one attached hydrogen (secondary N) is 1. The van der Waals surface area contributed by atoms with E-state index in [1.165, 1.54) is 12.8 Å². The standard InChI is InChI=1S/C13H16ClN5/c1-7-12(14)8(2)19(18-7)11-6-10(15-3)16-13(17-11)9-4-5-9/h6,9H,4-5H2,1-3H3,(H,15,16,17). The molecule has 0 spiro atoms. The molecule has 2 aromatic rings. The fraction of sp³-hybridized carbons (Fsp3) is 0.462. The molecule has 0 unspecified atom stereocenters. The summed E-state index contributed by atoms with van der Waals surface area (Å²) in [5, 5.41) is 8.21. The van der Waals surface area contributed by atoms with E-state index < -0.39 is 0 Å². The van der Waals surface area contributed by atoms with Gasteiger partial charge in [0.1, 0.15) is 11.6 Å². The minimum atomic E-state index is 0.500. The molecule has 19 heavy (non-hydrogen) atoms. The van der Waals surface area contributed by atoms with Crippen LogP contribution in [0.3, 0.4) is 0 Å². The third kappa shape index (κ3) is 2.18. The minimum absolute atomic E-state index is 0.500.